The standard InChI is InChI=1S/C19H23F3N2O3/c1-13(25)18(27)24-9-7-14(8-10-24)5-6-17(26)23-12-15-3-2-4-16(11-15)19(20,21)22/h2-4,11,14H,5-10,12H2,1H3,(H,23,26). The predicted octanol–water partition coefficient (Wildman–Crippen LogP) is 2.93. The monoisotopic (exact) mass is 384 g/mol. The maximum absolute atomic E-state index is 12.7. The highest BCUT2D eigenvalue weighted by molar-refractivity contribution is 6.35. The molecular formula is C19H23F3N2O3. The van der Waals surface area contributed by atoms with Crippen molar-refractivity contribution in [2.45, 2.75) is 45.3 Å². The van der Waals surface area contributed by atoms with E-state index in [0.29, 0.717) is 31.0 Å². The lowest BCUT2D eigenvalue weighted by Gasteiger charge is -2.31. The van der Waals surface area contributed by atoms with Crippen molar-refractivity contribution >= 4 is 17.6 Å². The molecule has 8 heteroatoms. The van der Waals surface area contributed by atoms with Gasteiger partial charge in [0.25, 0.3) is 5.91 Å². The van der Waals surface area contributed by atoms with E-state index in [1.54, 1.807) is 0 Å². The van der Waals surface area contributed by atoms with Gasteiger partial charge in [-0.2, -0.15) is 13.2 Å². The number of nitrogens with zero attached hydrogens (tertiary/aromatic N) is 1. The first kappa shape index (κ1) is 20.9. The number of carbonyl (C=O) groups excluding carboxylic acids is 3. The molecule has 2 amide bonds. The molecule has 0 bridgehead atoms. The lowest BCUT2D eigenvalue weighted by Crippen LogP contribution is -2.41. The summed E-state index contributed by atoms with van der Waals surface area (Å²) in [7, 11) is 0. The summed E-state index contributed by atoms with van der Waals surface area (Å²) >= 11 is 0. The molecule has 1 aliphatic heterocycles. The first-order valence-corrected chi connectivity index (χ1v) is 8.89. The average molecular weight is 384 g/mol. The third-order valence-electron chi connectivity index (χ3n) is 4.73. The summed E-state index contributed by atoms with van der Waals surface area (Å²) in [6.07, 6.45) is -2.00. The van der Waals surface area contributed by atoms with Crippen molar-refractivity contribution < 1.29 is 27.6 Å². The maximum Gasteiger partial charge on any atom is 0.416 e. The number of halogens is 3. The smallest absolute Gasteiger partial charge is 0.352 e. The van der Waals surface area contributed by atoms with Crippen molar-refractivity contribution in [3.8, 4) is 0 Å². The van der Waals surface area contributed by atoms with E-state index in [4.69, 9.17) is 0 Å². The van der Waals surface area contributed by atoms with Crippen LogP contribution >= 0.6 is 0 Å². The van der Waals surface area contributed by atoms with Crippen LogP contribution in [0.2, 0.25) is 0 Å². The van der Waals surface area contributed by atoms with Crippen LogP contribution in [0.25, 0.3) is 0 Å². The van der Waals surface area contributed by atoms with Crippen molar-refractivity contribution in [2.75, 3.05) is 13.1 Å². The number of piperidine rings is 1. The molecule has 0 aromatic heterocycles. The minimum atomic E-state index is -4.40. The normalized spacial score (nSPS) is 15.5. The second-order valence-electron chi connectivity index (χ2n) is 6.81. The van der Waals surface area contributed by atoms with Crippen LogP contribution in [0.3, 0.4) is 0 Å². The number of hydrogen-bond donors (Lipinski definition) is 1. The van der Waals surface area contributed by atoms with E-state index in [1.165, 1.54) is 24.0 Å². The van der Waals surface area contributed by atoms with Gasteiger partial charge in [0.05, 0.1) is 5.56 Å². The number of nitrogens with one attached hydrogen (secondary N) is 1. The van der Waals surface area contributed by atoms with E-state index in [9.17, 15) is 27.6 Å². The van der Waals surface area contributed by atoms with Gasteiger partial charge in [-0.15, -0.1) is 0 Å². The molecule has 2 rings (SSSR count). The number of likely N-dealkylation sites (tertiary alicyclic amines) is 1. The van der Waals surface area contributed by atoms with Crippen molar-refractivity contribution in [3.05, 3.63) is 35.4 Å². The second-order valence-corrected chi connectivity index (χ2v) is 6.81. The Morgan fingerprint density at radius 1 is 1.19 bits per heavy atom. The highest BCUT2D eigenvalue weighted by Crippen LogP contribution is 2.29. The molecule has 1 N–H and O–H groups in total. The molecule has 0 saturated carbocycles. The fraction of sp³-hybridized carbons (Fsp3) is 0.526. The highest BCUT2D eigenvalue weighted by atomic mass is 19.4. The number of hydrogen-bond acceptors (Lipinski definition) is 3. The number of alkyl halides is 3. The molecule has 1 saturated heterocycles. The summed E-state index contributed by atoms with van der Waals surface area (Å²) in [4.78, 5) is 36.2. The minimum Gasteiger partial charge on any atom is -0.352 e. The lowest BCUT2D eigenvalue weighted by molar-refractivity contribution is -0.144. The lowest BCUT2D eigenvalue weighted by atomic mass is 9.92. The highest BCUT2D eigenvalue weighted by Gasteiger charge is 2.30. The van der Waals surface area contributed by atoms with E-state index in [2.05, 4.69) is 5.32 Å². The zero-order valence-corrected chi connectivity index (χ0v) is 15.1. The SMILES string of the molecule is CC(=O)C(=O)N1CCC(CCC(=O)NCc2cccc(C(F)(F)F)c2)CC1. The molecular weight excluding hydrogens is 361 g/mol. The van der Waals surface area contributed by atoms with E-state index in [1.807, 2.05) is 0 Å². The molecule has 1 fully saturated rings. The van der Waals surface area contributed by atoms with Crippen LogP contribution in [-0.4, -0.2) is 35.6 Å². The fourth-order valence-electron chi connectivity index (χ4n) is 3.13. The van der Waals surface area contributed by atoms with Crippen LogP contribution in [0.5, 0.6) is 0 Å². The van der Waals surface area contributed by atoms with Gasteiger partial charge in [0.15, 0.2) is 0 Å². The Morgan fingerprint density at radius 2 is 1.85 bits per heavy atom. The van der Waals surface area contributed by atoms with Gasteiger partial charge in [0, 0.05) is 33.0 Å². The summed E-state index contributed by atoms with van der Waals surface area (Å²) < 4.78 is 38.1. The number of carbonyl (C=O) groups is 3. The average Bonchev–Trinajstić information content (AvgIpc) is 2.64. The van der Waals surface area contributed by atoms with Crippen molar-refractivity contribution in [2.24, 2.45) is 5.92 Å². The number of benzene rings is 1. The zero-order chi connectivity index (χ0) is 20.0. The maximum atomic E-state index is 12.7. The molecule has 148 valence electrons. The number of rotatable bonds is 6. The Balaban J connectivity index is 1.72. The summed E-state index contributed by atoms with van der Waals surface area (Å²) in [5, 5.41) is 2.64. The Morgan fingerprint density at radius 3 is 2.44 bits per heavy atom. The summed E-state index contributed by atoms with van der Waals surface area (Å²) in [5.41, 5.74) is -0.338. The molecule has 5 nitrogen and oxygen atoms in total. The zero-order valence-electron chi connectivity index (χ0n) is 15.1. The Bertz CT molecular complexity index is 696. The fourth-order valence-corrected chi connectivity index (χ4v) is 3.13. The molecule has 0 radical (unpaired) electrons. The van der Waals surface area contributed by atoms with Crippen molar-refractivity contribution in [1.82, 2.24) is 10.2 Å². The number of Topliss-reactive ketones (excluding diaryl/α,β-unsaturated/α-hetero) is 1. The van der Waals surface area contributed by atoms with E-state index >= 15 is 0 Å². The van der Waals surface area contributed by atoms with Crippen LogP contribution in [0.1, 0.15) is 43.7 Å². The van der Waals surface area contributed by atoms with Gasteiger partial charge in [-0.3, -0.25) is 14.4 Å². The van der Waals surface area contributed by atoms with Gasteiger partial charge in [0.1, 0.15) is 0 Å². The van der Waals surface area contributed by atoms with Gasteiger partial charge >= 0.3 is 6.18 Å². The van der Waals surface area contributed by atoms with Crippen LogP contribution in [-0.2, 0) is 27.1 Å². The van der Waals surface area contributed by atoms with E-state index < -0.39 is 23.4 Å². The summed E-state index contributed by atoms with van der Waals surface area (Å²) in [6.45, 7) is 2.32. The summed E-state index contributed by atoms with van der Waals surface area (Å²) in [5.74, 6) is -0.857. The van der Waals surface area contributed by atoms with Crippen LogP contribution in [0.15, 0.2) is 24.3 Å². The molecule has 1 aromatic rings. The van der Waals surface area contributed by atoms with Gasteiger partial charge in [-0.1, -0.05) is 12.1 Å². The largest absolute Gasteiger partial charge is 0.416 e. The van der Waals surface area contributed by atoms with Gasteiger partial charge in [0.2, 0.25) is 11.7 Å². The number of ketones is 1. The quantitative estimate of drug-likeness (QED) is 0.767. The van der Waals surface area contributed by atoms with Crippen LogP contribution in [0, 0.1) is 5.92 Å². The van der Waals surface area contributed by atoms with Gasteiger partial charge in [-0.05, 0) is 42.9 Å². The predicted molar refractivity (Wildman–Crippen MR) is 92.5 cm³/mol. The van der Waals surface area contributed by atoms with Crippen molar-refractivity contribution in [3.63, 3.8) is 0 Å². The van der Waals surface area contributed by atoms with Crippen LogP contribution < -0.4 is 5.32 Å². The first-order chi connectivity index (χ1) is 12.7. The summed E-state index contributed by atoms with van der Waals surface area (Å²) in [6, 6.07) is 4.88. The molecule has 1 heterocycles. The Hall–Kier alpha value is -2.38. The minimum absolute atomic E-state index is 0.0499. The van der Waals surface area contributed by atoms with Gasteiger partial charge in [-0.25, -0.2) is 0 Å². The van der Waals surface area contributed by atoms with E-state index in [0.717, 1.165) is 25.0 Å². The second kappa shape index (κ2) is 9.01. The van der Waals surface area contributed by atoms with Crippen LogP contribution in [0.4, 0.5) is 13.2 Å². The molecule has 27 heavy (non-hydrogen) atoms. The third-order valence-corrected chi connectivity index (χ3v) is 4.73. The molecule has 0 aliphatic carbocycles. The Kier molecular flexibility index (Phi) is 6.98. The molecule has 0 spiro atoms. The number of amides is 2. The molecule has 0 unspecified atom stereocenters. The molecule has 1 aliphatic rings. The van der Waals surface area contributed by atoms with Crippen molar-refractivity contribution in [1.29, 1.82) is 0 Å². The van der Waals surface area contributed by atoms with E-state index in [-0.39, 0.29) is 18.9 Å². The Labute approximate surface area is 155 Å². The first-order valence-electron chi connectivity index (χ1n) is 8.89. The van der Waals surface area contributed by atoms with Gasteiger partial charge < -0.3 is 10.2 Å². The molecule has 0 atom stereocenters. The topological polar surface area (TPSA) is 66.5 Å². The third kappa shape index (κ3) is 6.37. The molecule has 1 aromatic carbocycles.